The van der Waals surface area contributed by atoms with Crippen molar-refractivity contribution in [2.45, 2.75) is 6.92 Å². The lowest BCUT2D eigenvalue weighted by atomic mass is 9.99. The van der Waals surface area contributed by atoms with E-state index in [1.165, 1.54) is 6.07 Å². The monoisotopic (exact) mass is 212 g/mol. The summed E-state index contributed by atoms with van der Waals surface area (Å²) in [6.07, 6.45) is 0.685. The van der Waals surface area contributed by atoms with Gasteiger partial charge in [-0.1, -0.05) is 42.0 Å². The molecule has 2 aromatic carbocycles. The predicted molar refractivity (Wildman–Crippen MR) is 63.7 cm³/mol. The van der Waals surface area contributed by atoms with E-state index < -0.39 is 0 Å². The van der Waals surface area contributed by atoms with Crippen molar-refractivity contribution in [3.05, 3.63) is 53.6 Å². The molecule has 2 aromatic rings. The zero-order chi connectivity index (χ0) is 11.5. The first-order valence-corrected chi connectivity index (χ1v) is 5.06. The summed E-state index contributed by atoms with van der Waals surface area (Å²) in [5.74, 6) is 0.0214. The first-order chi connectivity index (χ1) is 7.72. The van der Waals surface area contributed by atoms with Gasteiger partial charge in [-0.25, -0.2) is 0 Å². The van der Waals surface area contributed by atoms with Gasteiger partial charge in [0.15, 0.2) is 6.29 Å². The smallest absolute Gasteiger partial charge is 0.154 e. The molecule has 0 unspecified atom stereocenters. The number of hydrogen-bond acceptors (Lipinski definition) is 2. The number of phenols is 1. The maximum absolute atomic E-state index is 10.9. The summed E-state index contributed by atoms with van der Waals surface area (Å²) < 4.78 is 0. The number of phenolic OH excluding ortho intramolecular Hbond substituents is 1. The van der Waals surface area contributed by atoms with Crippen LogP contribution in [0.5, 0.6) is 5.75 Å². The molecule has 16 heavy (non-hydrogen) atoms. The Morgan fingerprint density at radius 3 is 2.38 bits per heavy atom. The van der Waals surface area contributed by atoms with Crippen molar-refractivity contribution in [1.82, 2.24) is 0 Å². The van der Waals surface area contributed by atoms with Crippen molar-refractivity contribution in [3.63, 3.8) is 0 Å². The van der Waals surface area contributed by atoms with Crippen molar-refractivity contribution in [3.8, 4) is 16.9 Å². The number of aryl methyl sites for hydroxylation is 1. The Labute approximate surface area is 94.2 Å². The molecule has 0 saturated heterocycles. The third-order valence-corrected chi connectivity index (χ3v) is 2.56. The second kappa shape index (κ2) is 4.19. The van der Waals surface area contributed by atoms with Crippen molar-refractivity contribution in [1.29, 1.82) is 0 Å². The van der Waals surface area contributed by atoms with Gasteiger partial charge in [0, 0.05) is 0 Å². The SMILES string of the molecule is Cc1ccc(-c2cccc(O)c2C=O)cc1. The summed E-state index contributed by atoms with van der Waals surface area (Å²) >= 11 is 0. The number of benzene rings is 2. The van der Waals surface area contributed by atoms with E-state index >= 15 is 0 Å². The Balaban J connectivity index is 2.59. The van der Waals surface area contributed by atoms with Gasteiger partial charge in [0.05, 0.1) is 5.56 Å². The lowest BCUT2D eigenvalue weighted by Crippen LogP contribution is -1.88. The van der Waals surface area contributed by atoms with Crippen molar-refractivity contribution >= 4 is 6.29 Å². The van der Waals surface area contributed by atoms with E-state index in [1.54, 1.807) is 6.07 Å². The average Bonchev–Trinajstić information content (AvgIpc) is 2.30. The van der Waals surface area contributed by atoms with Crippen LogP contribution in [0.15, 0.2) is 42.5 Å². The van der Waals surface area contributed by atoms with Gasteiger partial charge in [-0.15, -0.1) is 0 Å². The van der Waals surface area contributed by atoms with Crippen LogP contribution in [-0.4, -0.2) is 11.4 Å². The quantitative estimate of drug-likeness (QED) is 0.776. The van der Waals surface area contributed by atoms with Crippen LogP contribution in [0.2, 0.25) is 0 Å². The maximum Gasteiger partial charge on any atom is 0.154 e. The van der Waals surface area contributed by atoms with Crippen molar-refractivity contribution in [2.24, 2.45) is 0 Å². The van der Waals surface area contributed by atoms with Crippen LogP contribution in [0, 0.1) is 6.92 Å². The second-order valence-corrected chi connectivity index (χ2v) is 3.72. The van der Waals surface area contributed by atoms with Crippen molar-refractivity contribution < 1.29 is 9.90 Å². The van der Waals surface area contributed by atoms with Crippen LogP contribution in [0.25, 0.3) is 11.1 Å². The highest BCUT2D eigenvalue weighted by molar-refractivity contribution is 5.90. The minimum atomic E-state index is 0.0214. The van der Waals surface area contributed by atoms with Crippen LogP contribution in [0.1, 0.15) is 15.9 Å². The molecule has 0 saturated carbocycles. The largest absolute Gasteiger partial charge is 0.507 e. The van der Waals surface area contributed by atoms with E-state index in [-0.39, 0.29) is 5.75 Å². The van der Waals surface area contributed by atoms with Crippen LogP contribution >= 0.6 is 0 Å². The first-order valence-electron chi connectivity index (χ1n) is 5.06. The maximum atomic E-state index is 10.9. The molecule has 2 rings (SSSR count). The minimum Gasteiger partial charge on any atom is -0.507 e. The molecule has 0 aliphatic carbocycles. The number of hydrogen-bond donors (Lipinski definition) is 1. The molecule has 0 aromatic heterocycles. The molecule has 2 heteroatoms. The highest BCUT2D eigenvalue weighted by Gasteiger charge is 2.07. The Morgan fingerprint density at radius 2 is 1.75 bits per heavy atom. The standard InChI is InChI=1S/C14H12O2/c1-10-5-7-11(8-6-10)12-3-2-4-14(16)13(12)9-15/h2-9,16H,1H3. The Bertz CT molecular complexity index is 513. The van der Waals surface area contributed by atoms with Crippen molar-refractivity contribution in [2.75, 3.05) is 0 Å². The highest BCUT2D eigenvalue weighted by atomic mass is 16.3. The third-order valence-electron chi connectivity index (χ3n) is 2.56. The van der Waals surface area contributed by atoms with Crippen LogP contribution in [0.3, 0.4) is 0 Å². The topological polar surface area (TPSA) is 37.3 Å². The van der Waals surface area contributed by atoms with Gasteiger partial charge in [-0.2, -0.15) is 0 Å². The lowest BCUT2D eigenvalue weighted by Gasteiger charge is -2.06. The molecule has 0 amide bonds. The fourth-order valence-electron chi connectivity index (χ4n) is 1.66. The predicted octanol–water partition coefficient (Wildman–Crippen LogP) is 3.18. The average molecular weight is 212 g/mol. The summed E-state index contributed by atoms with van der Waals surface area (Å²) in [7, 11) is 0. The van der Waals surface area contributed by atoms with Gasteiger partial charge in [-0.05, 0) is 24.1 Å². The molecular formula is C14H12O2. The fourth-order valence-corrected chi connectivity index (χ4v) is 1.66. The molecule has 0 spiro atoms. The van der Waals surface area contributed by atoms with E-state index in [1.807, 2.05) is 37.3 Å². The summed E-state index contributed by atoms with van der Waals surface area (Å²) in [4.78, 5) is 10.9. The van der Waals surface area contributed by atoms with Gasteiger partial charge < -0.3 is 5.11 Å². The molecule has 0 bridgehead atoms. The van der Waals surface area contributed by atoms with E-state index in [9.17, 15) is 9.90 Å². The van der Waals surface area contributed by atoms with Gasteiger partial charge in [0.2, 0.25) is 0 Å². The molecule has 80 valence electrons. The number of carbonyl (C=O) groups is 1. The van der Waals surface area contributed by atoms with E-state index in [4.69, 9.17) is 0 Å². The normalized spacial score (nSPS) is 10.1. The molecular weight excluding hydrogens is 200 g/mol. The minimum absolute atomic E-state index is 0.0214. The molecule has 1 N–H and O–H groups in total. The molecule has 2 nitrogen and oxygen atoms in total. The second-order valence-electron chi connectivity index (χ2n) is 3.72. The molecule has 0 fully saturated rings. The van der Waals surface area contributed by atoms with Crippen LogP contribution < -0.4 is 0 Å². The number of carbonyl (C=O) groups excluding carboxylic acids is 1. The highest BCUT2D eigenvalue weighted by Crippen LogP contribution is 2.28. The summed E-state index contributed by atoms with van der Waals surface area (Å²) in [6, 6.07) is 12.9. The number of aromatic hydroxyl groups is 1. The van der Waals surface area contributed by atoms with Crippen LogP contribution in [0.4, 0.5) is 0 Å². The van der Waals surface area contributed by atoms with Gasteiger partial charge in [0.1, 0.15) is 5.75 Å². The fraction of sp³-hybridized carbons (Fsp3) is 0.0714. The zero-order valence-electron chi connectivity index (χ0n) is 8.97. The van der Waals surface area contributed by atoms with Gasteiger partial charge >= 0.3 is 0 Å². The number of rotatable bonds is 2. The molecule has 0 heterocycles. The molecule has 0 radical (unpaired) electrons. The summed E-state index contributed by atoms with van der Waals surface area (Å²) in [6.45, 7) is 2.01. The Hall–Kier alpha value is -2.09. The molecule has 0 atom stereocenters. The van der Waals surface area contributed by atoms with Crippen LogP contribution in [-0.2, 0) is 0 Å². The van der Waals surface area contributed by atoms with Gasteiger partial charge in [-0.3, -0.25) is 4.79 Å². The zero-order valence-corrected chi connectivity index (χ0v) is 8.97. The summed E-state index contributed by atoms with van der Waals surface area (Å²) in [5, 5.41) is 9.58. The summed E-state index contributed by atoms with van der Waals surface area (Å²) in [5.41, 5.74) is 3.20. The molecule has 0 aliphatic rings. The van der Waals surface area contributed by atoms with E-state index in [2.05, 4.69) is 0 Å². The van der Waals surface area contributed by atoms with Gasteiger partial charge in [0.25, 0.3) is 0 Å². The number of aldehydes is 1. The lowest BCUT2D eigenvalue weighted by molar-refractivity contribution is 0.112. The Morgan fingerprint density at radius 1 is 1.06 bits per heavy atom. The Kier molecular flexibility index (Phi) is 2.73. The third kappa shape index (κ3) is 1.82. The van der Waals surface area contributed by atoms with E-state index in [0.717, 1.165) is 16.7 Å². The van der Waals surface area contributed by atoms with E-state index in [0.29, 0.717) is 11.8 Å². The molecule has 0 aliphatic heterocycles. The first kappa shape index (κ1) is 10.4.